The van der Waals surface area contributed by atoms with Crippen LogP contribution in [0.4, 0.5) is 4.39 Å². The van der Waals surface area contributed by atoms with Gasteiger partial charge in [-0.05, 0) is 45.7 Å². The first kappa shape index (κ1) is 16.7. The summed E-state index contributed by atoms with van der Waals surface area (Å²) in [6.07, 6.45) is 2.14. The summed E-state index contributed by atoms with van der Waals surface area (Å²) in [7, 11) is -3.95. The van der Waals surface area contributed by atoms with E-state index in [9.17, 15) is 12.8 Å². The molecule has 0 heterocycles. The van der Waals surface area contributed by atoms with Crippen molar-refractivity contribution in [3.63, 3.8) is 0 Å². The zero-order valence-corrected chi connectivity index (χ0v) is 13.9. The van der Waals surface area contributed by atoms with Crippen LogP contribution in [0.5, 0.6) is 0 Å². The van der Waals surface area contributed by atoms with Crippen molar-refractivity contribution in [2.24, 2.45) is 0 Å². The maximum Gasteiger partial charge on any atom is 0.244 e. The van der Waals surface area contributed by atoms with E-state index in [-0.39, 0.29) is 17.1 Å². The van der Waals surface area contributed by atoms with E-state index >= 15 is 0 Å². The number of nitrogens with one attached hydrogen (secondary N) is 2. The van der Waals surface area contributed by atoms with E-state index < -0.39 is 26.3 Å². The second-order valence-electron chi connectivity index (χ2n) is 6.39. The van der Waals surface area contributed by atoms with Gasteiger partial charge < -0.3 is 5.32 Å². The van der Waals surface area contributed by atoms with Crippen molar-refractivity contribution in [3.05, 3.63) is 28.5 Å². The first-order valence-corrected chi connectivity index (χ1v) is 8.70. The molecule has 1 aliphatic rings. The molecule has 21 heavy (non-hydrogen) atoms. The summed E-state index contributed by atoms with van der Waals surface area (Å²) in [4.78, 5) is -0.405. The minimum atomic E-state index is -3.95. The van der Waals surface area contributed by atoms with Gasteiger partial charge in [-0.25, -0.2) is 17.5 Å². The zero-order valence-electron chi connectivity index (χ0n) is 12.3. The first-order chi connectivity index (χ1) is 9.58. The molecule has 0 spiro atoms. The Bertz CT molecular complexity index is 637. The third-order valence-electron chi connectivity index (χ3n) is 2.97. The molecule has 1 aliphatic carbocycles. The van der Waals surface area contributed by atoms with Crippen LogP contribution in [0.2, 0.25) is 5.02 Å². The molecule has 0 saturated heterocycles. The lowest BCUT2D eigenvalue weighted by atomic mass is 10.1. The highest BCUT2D eigenvalue weighted by Crippen LogP contribution is 2.26. The molecular weight excluding hydrogens is 315 g/mol. The van der Waals surface area contributed by atoms with Gasteiger partial charge in [-0.2, -0.15) is 0 Å². The summed E-state index contributed by atoms with van der Waals surface area (Å²) in [6, 6.07) is 3.00. The van der Waals surface area contributed by atoms with Gasteiger partial charge in [0, 0.05) is 28.7 Å². The fraction of sp³-hybridized carbons (Fsp3) is 0.571. The van der Waals surface area contributed by atoms with E-state index in [1.165, 1.54) is 6.07 Å². The van der Waals surface area contributed by atoms with Crippen molar-refractivity contribution >= 4 is 21.6 Å². The highest BCUT2D eigenvalue weighted by Gasteiger charge is 2.27. The van der Waals surface area contributed by atoms with Crippen molar-refractivity contribution < 1.29 is 12.8 Å². The third kappa shape index (κ3) is 4.64. The van der Waals surface area contributed by atoms with Gasteiger partial charge in [0.25, 0.3) is 0 Å². The molecule has 2 rings (SSSR count). The van der Waals surface area contributed by atoms with E-state index in [1.54, 1.807) is 20.8 Å². The molecule has 1 aromatic rings. The Labute approximate surface area is 130 Å². The van der Waals surface area contributed by atoms with Crippen molar-refractivity contribution in [2.75, 3.05) is 0 Å². The minimum absolute atomic E-state index is 0.207. The average molecular weight is 335 g/mol. The van der Waals surface area contributed by atoms with Gasteiger partial charge in [0.2, 0.25) is 10.0 Å². The van der Waals surface area contributed by atoms with Gasteiger partial charge in [-0.1, -0.05) is 11.6 Å². The Kier molecular flexibility index (Phi) is 4.63. The number of benzene rings is 1. The molecular formula is C14H20ClFN2O2S. The van der Waals surface area contributed by atoms with Crippen LogP contribution in [-0.2, 0) is 16.6 Å². The molecule has 7 heteroatoms. The topological polar surface area (TPSA) is 58.2 Å². The lowest BCUT2D eigenvalue weighted by molar-refractivity contribution is 0.484. The molecule has 118 valence electrons. The Balaban J connectivity index is 2.33. The molecule has 0 unspecified atom stereocenters. The highest BCUT2D eigenvalue weighted by molar-refractivity contribution is 7.89. The Hall–Kier alpha value is -0.690. The maximum absolute atomic E-state index is 14.5. The summed E-state index contributed by atoms with van der Waals surface area (Å²) in [5, 5.41) is 3.36. The van der Waals surface area contributed by atoms with E-state index in [4.69, 9.17) is 11.6 Å². The lowest BCUT2D eigenvalue weighted by Crippen LogP contribution is -2.40. The second kappa shape index (κ2) is 5.83. The number of hydrogen-bond acceptors (Lipinski definition) is 3. The molecule has 0 bridgehead atoms. The van der Waals surface area contributed by atoms with Gasteiger partial charge in [-0.3, -0.25) is 0 Å². The number of hydrogen-bond donors (Lipinski definition) is 2. The third-order valence-corrected chi connectivity index (χ3v) is 4.94. The predicted molar refractivity (Wildman–Crippen MR) is 81.3 cm³/mol. The fourth-order valence-corrected chi connectivity index (χ4v) is 3.81. The van der Waals surface area contributed by atoms with Crippen LogP contribution in [0.1, 0.15) is 39.2 Å². The van der Waals surface area contributed by atoms with Gasteiger partial charge in [0.1, 0.15) is 10.7 Å². The van der Waals surface area contributed by atoms with E-state index in [0.29, 0.717) is 6.04 Å². The van der Waals surface area contributed by atoms with Crippen LogP contribution in [0.15, 0.2) is 17.0 Å². The summed E-state index contributed by atoms with van der Waals surface area (Å²) >= 11 is 5.94. The van der Waals surface area contributed by atoms with Gasteiger partial charge in [-0.15, -0.1) is 0 Å². The first-order valence-electron chi connectivity index (χ1n) is 6.84. The number of halogens is 2. The molecule has 0 aliphatic heterocycles. The van der Waals surface area contributed by atoms with Gasteiger partial charge >= 0.3 is 0 Å². The maximum atomic E-state index is 14.5. The summed E-state index contributed by atoms with van der Waals surface area (Å²) in [6.45, 7) is 5.36. The quantitative estimate of drug-likeness (QED) is 0.870. The molecule has 1 fully saturated rings. The molecule has 4 nitrogen and oxygen atoms in total. The molecule has 0 amide bonds. The standard InChI is InChI=1S/C14H20ClFN2O2S/c1-14(2,3)18-21(19,20)12-7-10(15)6-9(13(12)16)8-17-11-4-5-11/h6-7,11,17-18H,4-5,8H2,1-3H3. The van der Waals surface area contributed by atoms with Crippen LogP contribution in [0, 0.1) is 5.82 Å². The van der Waals surface area contributed by atoms with Gasteiger partial charge in [0.05, 0.1) is 0 Å². The van der Waals surface area contributed by atoms with E-state index in [2.05, 4.69) is 10.0 Å². The van der Waals surface area contributed by atoms with Crippen LogP contribution >= 0.6 is 11.6 Å². The van der Waals surface area contributed by atoms with Crippen LogP contribution < -0.4 is 10.0 Å². The van der Waals surface area contributed by atoms with Crippen molar-refractivity contribution in [1.29, 1.82) is 0 Å². The normalized spacial score (nSPS) is 16.2. The van der Waals surface area contributed by atoms with Gasteiger partial charge in [0.15, 0.2) is 0 Å². The van der Waals surface area contributed by atoms with Crippen molar-refractivity contribution in [3.8, 4) is 0 Å². The largest absolute Gasteiger partial charge is 0.310 e. The molecule has 0 atom stereocenters. The average Bonchev–Trinajstić information content (AvgIpc) is 3.10. The molecule has 0 radical (unpaired) electrons. The minimum Gasteiger partial charge on any atom is -0.310 e. The lowest BCUT2D eigenvalue weighted by Gasteiger charge is -2.21. The van der Waals surface area contributed by atoms with Crippen molar-refractivity contribution in [1.82, 2.24) is 10.0 Å². The van der Waals surface area contributed by atoms with E-state index in [0.717, 1.165) is 18.9 Å². The molecule has 1 saturated carbocycles. The highest BCUT2D eigenvalue weighted by atomic mass is 35.5. The van der Waals surface area contributed by atoms with Crippen LogP contribution in [0.25, 0.3) is 0 Å². The Morgan fingerprint density at radius 1 is 1.33 bits per heavy atom. The molecule has 1 aromatic carbocycles. The number of rotatable bonds is 5. The smallest absolute Gasteiger partial charge is 0.244 e. The fourth-order valence-electron chi connectivity index (χ4n) is 1.94. The Morgan fingerprint density at radius 2 is 1.95 bits per heavy atom. The Morgan fingerprint density at radius 3 is 2.48 bits per heavy atom. The number of sulfonamides is 1. The van der Waals surface area contributed by atoms with Crippen molar-refractivity contribution in [2.45, 2.75) is 56.6 Å². The predicted octanol–water partition coefficient (Wildman–Crippen LogP) is 2.81. The summed E-state index contributed by atoms with van der Waals surface area (Å²) in [5.41, 5.74) is -0.427. The SMILES string of the molecule is CC(C)(C)NS(=O)(=O)c1cc(Cl)cc(CNC2CC2)c1F. The van der Waals surface area contributed by atoms with E-state index in [1.807, 2.05) is 0 Å². The monoisotopic (exact) mass is 334 g/mol. The zero-order chi connectivity index (χ0) is 15.8. The summed E-state index contributed by atoms with van der Waals surface area (Å²) in [5.74, 6) is -0.746. The van der Waals surface area contributed by atoms with Crippen LogP contribution in [-0.4, -0.2) is 20.0 Å². The summed E-state index contributed by atoms with van der Waals surface area (Å²) < 4.78 is 41.5. The van der Waals surface area contributed by atoms with Crippen LogP contribution in [0.3, 0.4) is 0 Å². The molecule has 0 aromatic heterocycles. The molecule has 2 N–H and O–H groups in total. The second-order valence-corrected chi connectivity index (χ2v) is 8.47.